The summed E-state index contributed by atoms with van der Waals surface area (Å²) in [6.07, 6.45) is 0. The number of hydrogen-bond acceptors (Lipinski definition) is 3. The molecule has 128 valence electrons. The predicted molar refractivity (Wildman–Crippen MR) is 93.4 cm³/mol. The monoisotopic (exact) mass is 351 g/mol. The van der Waals surface area contributed by atoms with Gasteiger partial charge in [-0.3, -0.25) is 4.79 Å². The van der Waals surface area contributed by atoms with Gasteiger partial charge in [0.2, 0.25) is 5.91 Å². The van der Waals surface area contributed by atoms with Gasteiger partial charge >= 0.3 is 0 Å². The van der Waals surface area contributed by atoms with Gasteiger partial charge in [-0.1, -0.05) is 18.2 Å². The Morgan fingerprint density at radius 3 is 2.71 bits per heavy atom. The van der Waals surface area contributed by atoms with Gasteiger partial charge in [0.1, 0.15) is 17.4 Å². The lowest BCUT2D eigenvalue weighted by Gasteiger charge is -2.14. The Kier molecular flexibility index (Phi) is 6.61. The molecule has 1 amide bonds. The van der Waals surface area contributed by atoms with Crippen LogP contribution in [0.4, 0.5) is 14.5 Å². The maximum Gasteiger partial charge on any atom is 0.237 e. The molecule has 1 N–H and O–H groups in total. The van der Waals surface area contributed by atoms with E-state index >= 15 is 0 Å². The fourth-order valence-corrected chi connectivity index (χ4v) is 2.91. The zero-order valence-corrected chi connectivity index (χ0v) is 14.3. The summed E-state index contributed by atoms with van der Waals surface area (Å²) in [5.41, 5.74) is 0.973. The van der Waals surface area contributed by atoms with Crippen LogP contribution in [0.1, 0.15) is 19.4 Å². The topological polar surface area (TPSA) is 38.3 Å². The molecule has 0 spiro atoms. The number of thioether (sulfide) groups is 1. The van der Waals surface area contributed by atoms with E-state index in [-0.39, 0.29) is 11.6 Å². The van der Waals surface area contributed by atoms with Crippen LogP contribution in [0.3, 0.4) is 0 Å². The Hall–Kier alpha value is -2.08. The average Bonchev–Trinajstić information content (AvgIpc) is 2.56. The predicted octanol–water partition coefficient (Wildman–Crippen LogP) is 4.62. The molecule has 1 unspecified atom stereocenters. The minimum atomic E-state index is -0.790. The molecule has 24 heavy (non-hydrogen) atoms. The molecule has 0 aliphatic rings. The van der Waals surface area contributed by atoms with Crippen molar-refractivity contribution < 1.29 is 18.3 Å². The average molecular weight is 351 g/mol. The molecular formula is C18H19F2NO2S. The van der Waals surface area contributed by atoms with Gasteiger partial charge in [0.25, 0.3) is 0 Å². The molecule has 0 fully saturated rings. The van der Waals surface area contributed by atoms with Gasteiger partial charge in [0.05, 0.1) is 17.5 Å². The number of carbonyl (C=O) groups excluding carboxylic acids is 1. The zero-order valence-electron chi connectivity index (χ0n) is 13.5. The molecule has 2 aromatic carbocycles. The van der Waals surface area contributed by atoms with Crippen molar-refractivity contribution in [2.24, 2.45) is 0 Å². The van der Waals surface area contributed by atoms with Crippen LogP contribution in [0.25, 0.3) is 0 Å². The second kappa shape index (κ2) is 8.68. The quantitative estimate of drug-likeness (QED) is 0.791. The van der Waals surface area contributed by atoms with Crippen molar-refractivity contribution in [1.29, 1.82) is 0 Å². The highest BCUT2D eigenvalue weighted by Crippen LogP contribution is 2.26. The third-order valence-corrected chi connectivity index (χ3v) is 4.51. The first kappa shape index (κ1) is 18.3. The number of benzene rings is 2. The van der Waals surface area contributed by atoms with Gasteiger partial charge in [-0.25, -0.2) is 8.78 Å². The zero-order chi connectivity index (χ0) is 17.5. The minimum absolute atomic E-state index is 0.0245. The third kappa shape index (κ3) is 4.96. The van der Waals surface area contributed by atoms with Gasteiger partial charge in [-0.2, -0.15) is 0 Å². The molecule has 0 aliphatic heterocycles. The summed E-state index contributed by atoms with van der Waals surface area (Å²) in [4.78, 5) is 12.2. The van der Waals surface area contributed by atoms with Gasteiger partial charge in [-0.15, -0.1) is 11.8 Å². The van der Waals surface area contributed by atoms with E-state index in [4.69, 9.17) is 4.74 Å². The van der Waals surface area contributed by atoms with Crippen molar-refractivity contribution in [1.82, 2.24) is 0 Å². The number of ether oxygens (including phenoxy) is 1. The first-order valence-corrected chi connectivity index (χ1v) is 8.64. The molecule has 3 nitrogen and oxygen atoms in total. The van der Waals surface area contributed by atoms with Crippen molar-refractivity contribution in [3.8, 4) is 5.75 Å². The largest absolute Gasteiger partial charge is 0.494 e. The van der Waals surface area contributed by atoms with E-state index in [1.807, 2.05) is 31.2 Å². The summed E-state index contributed by atoms with van der Waals surface area (Å²) in [5.74, 6) is -0.414. The highest BCUT2D eigenvalue weighted by atomic mass is 32.2. The van der Waals surface area contributed by atoms with Crippen LogP contribution in [-0.2, 0) is 10.5 Å². The Morgan fingerprint density at radius 1 is 1.25 bits per heavy atom. The van der Waals surface area contributed by atoms with Crippen molar-refractivity contribution in [3.05, 3.63) is 59.7 Å². The molecule has 2 rings (SSSR count). The molecule has 0 bridgehead atoms. The van der Waals surface area contributed by atoms with E-state index in [1.54, 1.807) is 6.92 Å². The molecule has 6 heteroatoms. The number of anilines is 1. The summed E-state index contributed by atoms with van der Waals surface area (Å²) in [7, 11) is 0. The van der Waals surface area contributed by atoms with Gasteiger partial charge < -0.3 is 10.1 Å². The molecule has 1 atom stereocenters. The molecule has 0 aliphatic carbocycles. The molecule has 0 aromatic heterocycles. The lowest BCUT2D eigenvalue weighted by Crippen LogP contribution is -2.23. The Labute approximate surface area is 144 Å². The van der Waals surface area contributed by atoms with Crippen molar-refractivity contribution >= 4 is 23.4 Å². The number of rotatable bonds is 7. The third-order valence-electron chi connectivity index (χ3n) is 3.32. The van der Waals surface area contributed by atoms with E-state index < -0.39 is 16.9 Å². The van der Waals surface area contributed by atoms with E-state index in [9.17, 15) is 13.6 Å². The lowest BCUT2D eigenvalue weighted by atomic mass is 10.2. The Balaban J connectivity index is 1.94. The summed E-state index contributed by atoms with van der Waals surface area (Å²) in [6.45, 7) is 4.23. The minimum Gasteiger partial charge on any atom is -0.494 e. The normalized spacial score (nSPS) is 11.8. The van der Waals surface area contributed by atoms with Crippen molar-refractivity contribution in [2.75, 3.05) is 11.9 Å². The van der Waals surface area contributed by atoms with Crippen LogP contribution in [0.2, 0.25) is 0 Å². The number of halogens is 2. The molecule has 2 aromatic rings. The number of nitrogens with one attached hydrogen (secondary N) is 1. The summed E-state index contributed by atoms with van der Waals surface area (Å²) in [6, 6.07) is 10.7. The highest BCUT2D eigenvalue weighted by Gasteiger charge is 2.16. The van der Waals surface area contributed by atoms with Crippen molar-refractivity contribution in [2.45, 2.75) is 24.9 Å². The second-order valence-corrected chi connectivity index (χ2v) is 6.44. The van der Waals surface area contributed by atoms with Crippen LogP contribution >= 0.6 is 11.8 Å². The fraction of sp³-hybridized carbons (Fsp3) is 0.278. The van der Waals surface area contributed by atoms with Crippen LogP contribution in [0.5, 0.6) is 5.75 Å². The fourth-order valence-electron chi connectivity index (χ4n) is 2.04. The van der Waals surface area contributed by atoms with E-state index in [1.165, 1.54) is 17.8 Å². The molecule has 0 saturated carbocycles. The lowest BCUT2D eigenvalue weighted by molar-refractivity contribution is -0.115. The van der Waals surface area contributed by atoms with Crippen LogP contribution in [-0.4, -0.2) is 17.8 Å². The second-order valence-electron chi connectivity index (χ2n) is 5.11. The van der Waals surface area contributed by atoms with Crippen molar-refractivity contribution in [3.63, 3.8) is 0 Å². The molecule has 0 radical (unpaired) electrons. The smallest absolute Gasteiger partial charge is 0.237 e. The molecular weight excluding hydrogens is 332 g/mol. The number of carbonyl (C=O) groups is 1. The standard InChI is InChI=1S/C18H19F2NO2S/c1-3-23-17-7-5-4-6-13(17)11-24-12(2)18(22)21-16-9-8-14(19)10-15(16)20/h4-10,12H,3,11H2,1-2H3,(H,21,22). The first-order chi connectivity index (χ1) is 11.5. The van der Waals surface area contributed by atoms with Gasteiger partial charge in [-0.05, 0) is 32.0 Å². The molecule has 0 heterocycles. The highest BCUT2D eigenvalue weighted by molar-refractivity contribution is 7.99. The summed E-state index contributed by atoms with van der Waals surface area (Å²) < 4.78 is 32.0. The van der Waals surface area contributed by atoms with Crippen LogP contribution < -0.4 is 10.1 Å². The maximum atomic E-state index is 13.6. The molecule has 0 saturated heterocycles. The van der Waals surface area contributed by atoms with Crippen LogP contribution in [0, 0.1) is 11.6 Å². The van der Waals surface area contributed by atoms with Gasteiger partial charge in [0.15, 0.2) is 0 Å². The SMILES string of the molecule is CCOc1ccccc1CSC(C)C(=O)Nc1ccc(F)cc1F. The van der Waals surface area contributed by atoms with Gasteiger partial charge in [0, 0.05) is 17.4 Å². The number of amides is 1. The van der Waals surface area contributed by atoms with E-state index in [2.05, 4.69) is 5.32 Å². The summed E-state index contributed by atoms with van der Waals surface area (Å²) in [5, 5.41) is 2.08. The van der Waals surface area contributed by atoms with E-state index in [0.717, 1.165) is 23.4 Å². The number of para-hydroxylation sites is 1. The maximum absolute atomic E-state index is 13.6. The first-order valence-electron chi connectivity index (χ1n) is 7.59. The van der Waals surface area contributed by atoms with Crippen LogP contribution in [0.15, 0.2) is 42.5 Å². The Morgan fingerprint density at radius 2 is 2.00 bits per heavy atom. The Bertz CT molecular complexity index is 709. The summed E-state index contributed by atoms with van der Waals surface area (Å²) >= 11 is 1.42. The number of hydrogen-bond donors (Lipinski definition) is 1. The van der Waals surface area contributed by atoms with E-state index in [0.29, 0.717) is 12.4 Å².